The van der Waals surface area contributed by atoms with Crippen LogP contribution >= 0.6 is 0 Å². The Morgan fingerprint density at radius 3 is 2.66 bits per heavy atom. The number of aliphatic hydroxyl groups excluding tert-OH is 1. The Labute approximate surface area is 174 Å². The minimum absolute atomic E-state index is 0.207. The third-order valence-electron chi connectivity index (χ3n) is 5.68. The molecular weight excluding hydrogens is 364 g/mol. The van der Waals surface area contributed by atoms with Gasteiger partial charge in [-0.3, -0.25) is 9.80 Å². The van der Waals surface area contributed by atoms with Gasteiger partial charge >= 0.3 is 0 Å². The molecule has 2 aromatic rings. The van der Waals surface area contributed by atoms with Gasteiger partial charge in [-0.25, -0.2) is 0 Å². The highest BCUT2D eigenvalue weighted by Crippen LogP contribution is 2.31. The standard InChI is InChI=1S/C24H34N2O3/c1-2-29-23-12-6-11-21(24(23)28)18-25-15-16-26(22(19-25)13-17-27)14-7-10-20-8-4-3-5-9-20/h3-6,8-9,11-12,22,27-28H,2,7,10,13-19H2,1H3/t22-/m1/s1. The fourth-order valence-corrected chi connectivity index (χ4v) is 4.16. The zero-order chi connectivity index (χ0) is 20.5. The average Bonchev–Trinajstić information content (AvgIpc) is 2.74. The van der Waals surface area contributed by atoms with Gasteiger partial charge in [0.2, 0.25) is 0 Å². The summed E-state index contributed by atoms with van der Waals surface area (Å²) in [5.41, 5.74) is 2.28. The minimum atomic E-state index is 0.207. The van der Waals surface area contributed by atoms with Gasteiger partial charge in [0.15, 0.2) is 11.5 Å². The molecule has 158 valence electrons. The van der Waals surface area contributed by atoms with Crippen LogP contribution < -0.4 is 4.74 Å². The number of phenolic OH excluding ortho intramolecular Hbond substituents is 1. The third kappa shape index (κ3) is 6.20. The zero-order valence-corrected chi connectivity index (χ0v) is 17.5. The first-order chi connectivity index (χ1) is 14.2. The molecule has 1 saturated heterocycles. The van der Waals surface area contributed by atoms with Crippen LogP contribution in [0.25, 0.3) is 0 Å². The Hall–Kier alpha value is -2.08. The molecule has 0 spiro atoms. The van der Waals surface area contributed by atoms with Crippen molar-refractivity contribution in [2.75, 3.05) is 39.4 Å². The summed E-state index contributed by atoms with van der Waals surface area (Å²) < 4.78 is 5.51. The number of phenols is 1. The number of nitrogens with zero attached hydrogens (tertiary/aromatic N) is 2. The first-order valence-corrected chi connectivity index (χ1v) is 10.8. The van der Waals surface area contributed by atoms with E-state index in [4.69, 9.17) is 4.74 Å². The van der Waals surface area contributed by atoms with E-state index >= 15 is 0 Å². The monoisotopic (exact) mass is 398 g/mol. The number of piperazine rings is 1. The Bertz CT molecular complexity index is 738. The normalized spacial score (nSPS) is 18.1. The first-order valence-electron chi connectivity index (χ1n) is 10.8. The van der Waals surface area contributed by atoms with Crippen LogP contribution in [0.2, 0.25) is 0 Å². The van der Waals surface area contributed by atoms with Gasteiger partial charge in [0.05, 0.1) is 6.61 Å². The summed E-state index contributed by atoms with van der Waals surface area (Å²) in [6, 6.07) is 16.7. The van der Waals surface area contributed by atoms with Crippen molar-refractivity contribution < 1.29 is 14.9 Å². The summed E-state index contributed by atoms with van der Waals surface area (Å²) in [6.07, 6.45) is 3.00. The lowest BCUT2D eigenvalue weighted by molar-refractivity contribution is 0.0542. The van der Waals surface area contributed by atoms with Crippen molar-refractivity contribution in [2.24, 2.45) is 0 Å². The van der Waals surface area contributed by atoms with Crippen molar-refractivity contribution in [3.8, 4) is 11.5 Å². The molecular formula is C24H34N2O3. The smallest absolute Gasteiger partial charge is 0.162 e. The SMILES string of the molecule is CCOc1cccc(CN2CCN(CCCc3ccccc3)[C@H](CCO)C2)c1O. The topological polar surface area (TPSA) is 56.2 Å². The summed E-state index contributed by atoms with van der Waals surface area (Å²) in [7, 11) is 0. The van der Waals surface area contributed by atoms with E-state index in [2.05, 4.69) is 40.1 Å². The van der Waals surface area contributed by atoms with Crippen LogP contribution in [0, 0.1) is 0 Å². The molecule has 1 atom stereocenters. The average molecular weight is 399 g/mol. The molecule has 1 heterocycles. The number of hydrogen-bond acceptors (Lipinski definition) is 5. The van der Waals surface area contributed by atoms with Gasteiger partial charge in [-0.15, -0.1) is 0 Å². The summed E-state index contributed by atoms with van der Waals surface area (Å²) in [5.74, 6) is 0.801. The van der Waals surface area contributed by atoms with Gasteiger partial charge in [-0.05, 0) is 44.4 Å². The Kier molecular flexibility index (Phi) is 8.35. The van der Waals surface area contributed by atoms with Crippen molar-refractivity contribution in [2.45, 2.75) is 38.8 Å². The number of benzene rings is 2. The van der Waals surface area contributed by atoms with E-state index in [-0.39, 0.29) is 12.4 Å². The van der Waals surface area contributed by atoms with Crippen LogP contribution in [-0.4, -0.2) is 65.4 Å². The van der Waals surface area contributed by atoms with E-state index in [1.54, 1.807) is 0 Å². The number of para-hydroxylation sites is 1. The molecule has 2 aromatic carbocycles. The van der Waals surface area contributed by atoms with Crippen LogP contribution in [0.1, 0.15) is 30.9 Å². The minimum Gasteiger partial charge on any atom is -0.504 e. The van der Waals surface area contributed by atoms with Gasteiger partial charge < -0.3 is 14.9 Å². The number of ether oxygens (including phenoxy) is 1. The van der Waals surface area contributed by atoms with Gasteiger partial charge in [-0.1, -0.05) is 42.5 Å². The van der Waals surface area contributed by atoms with Crippen LogP contribution in [-0.2, 0) is 13.0 Å². The van der Waals surface area contributed by atoms with Crippen LogP contribution in [0.3, 0.4) is 0 Å². The van der Waals surface area contributed by atoms with Gasteiger partial charge in [0.25, 0.3) is 0 Å². The molecule has 5 heteroatoms. The van der Waals surface area contributed by atoms with Gasteiger partial charge in [-0.2, -0.15) is 0 Å². The van der Waals surface area contributed by atoms with E-state index in [1.165, 1.54) is 5.56 Å². The van der Waals surface area contributed by atoms with Crippen LogP contribution in [0.4, 0.5) is 0 Å². The molecule has 0 amide bonds. The maximum Gasteiger partial charge on any atom is 0.162 e. The van der Waals surface area contributed by atoms with Crippen molar-refractivity contribution in [3.05, 3.63) is 59.7 Å². The van der Waals surface area contributed by atoms with Gasteiger partial charge in [0, 0.05) is 44.4 Å². The predicted molar refractivity (Wildman–Crippen MR) is 116 cm³/mol. The van der Waals surface area contributed by atoms with Crippen molar-refractivity contribution in [3.63, 3.8) is 0 Å². The second-order valence-electron chi connectivity index (χ2n) is 7.72. The lowest BCUT2D eigenvalue weighted by Gasteiger charge is -2.41. The number of aliphatic hydroxyl groups is 1. The number of rotatable bonds is 10. The van der Waals surface area contributed by atoms with Crippen molar-refractivity contribution >= 4 is 0 Å². The van der Waals surface area contributed by atoms with E-state index < -0.39 is 0 Å². The lowest BCUT2D eigenvalue weighted by Crippen LogP contribution is -2.53. The van der Waals surface area contributed by atoms with E-state index in [0.717, 1.165) is 51.0 Å². The molecule has 1 aliphatic heterocycles. The number of hydrogen-bond donors (Lipinski definition) is 2. The zero-order valence-electron chi connectivity index (χ0n) is 17.5. The molecule has 0 bridgehead atoms. The molecule has 2 N–H and O–H groups in total. The molecule has 0 aromatic heterocycles. The highest BCUT2D eigenvalue weighted by Gasteiger charge is 2.27. The molecule has 29 heavy (non-hydrogen) atoms. The molecule has 3 rings (SSSR count). The molecule has 5 nitrogen and oxygen atoms in total. The largest absolute Gasteiger partial charge is 0.504 e. The maximum atomic E-state index is 10.5. The van der Waals surface area contributed by atoms with E-state index in [9.17, 15) is 10.2 Å². The molecule has 0 radical (unpaired) electrons. The maximum absolute atomic E-state index is 10.5. The Morgan fingerprint density at radius 1 is 1.07 bits per heavy atom. The highest BCUT2D eigenvalue weighted by atomic mass is 16.5. The van der Waals surface area contributed by atoms with Crippen LogP contribution in [0.5, 0.6) is 11.5 Å². The first kappa shape index (κ1) is 21.6. The predicted octanol–water partition coefficient (Wildman–Crippen LogP) is 3.29. The van der Waals surface area contributed by atoms with Crippen LogP contribution in [0.15, 0.2) is 48.5 Å². The Morgan fingerprint density at radius 2 is 1.90 bits per heavy atom. The number of aryl methyl sites for hydroxylation is 1. The summed E-state index contributed by atoms with van der Waals surface area (Å²) >= 11 is 0. The van der Waals surface area contributed by atoms with E-state index in [0.29, 0.717) is 24.9 Å². The fourth-order valence-electron chi connectivity index (χ4n) is 4.16. The molecule has 0 unspecified atom stereocenters. The van der Waals surface area contributed by atoms with E-state index in [1.807, 2.05) is 25.1 Å². The second kappa shape index (κ2) is 11.2. The quantitative estimate of drug-likeness (QED) is 0.643. The summed E-state index contributed by atoms with van der Waals surface area (Å²) in [6.45, 7) is 7.28. The highest BCUT2D eigenvalue weighted by molar-refractivity contribution is 5.45. The Balaban J connectivity index is 1.55. The number of aromatic hydroxyl groups is 1. The van der Waals surface area contributed by atoms with Crippen molar-refractivity contribution in [1.29, 1.82) is 0 Å². The molecule has 0 saturated carbocycles. The molecule has 0 aliphatic carbocycles. The summed E-state index contributed by atoms with van der Waals surface area (Å²) in [5, 5.41) is 20.0. The fraction of sp³-hybridized carbons (Fsp3) is 0.500. The third-order valence-corrected chi connectivity index (χ3v) is 5.68. The summed E-state index contributed by atoms with van der Waals surface area (Å²) in [4.78, 5) is 4.89. The van der Waals surface area contributed by atoms with Gasteiger partial charge in [0.1, 0.15) is 0 Å². The molecule has 1 aliphatic rings. The lowest BCUT2D eigenvalue weighted by atomic mass is 10.1. The second-order valence-corrected chi connectivity index (χ2v) is 7.72. The molecule has 1 fully saturated rings. The van der Waals surface area contributed by atoms with Crippen molar-refractivity contribution in [1.82, 2.24) is 9.80 Å².